The first-order chi connectivity index (χ1) is 20.8. The number of nitriles is 1. The van der Waals surface area contributed by atoms with Crippen LogP contribution in [-0.4, -0.2) is 78.8 Å². The number of aldehydes is 1. The number of carbonyl (C=O) groups excluding carboxylic acids is 1. The zero-order valence-corrected chi connectivity index (χ0v) is 23.9. The molecule has 44 heavy (non-hydrogen) atoms. The highest BCUT2D eigenvalue weighted by atomic mass is 19.3. The summed E-state index contributed by atoms with van der Waals surface area (Å²) in [5.41, 5.74) is 8.44. The van der Waals surface area contributed by atoms with Crippen molar-refractivity contribution < 1.29 is 28.5 Å². The maximum Gasteiger partial charge on any atom is 0.387 e. The highest BCUT2D eigenvalue weighted by Gasteiger charge is 2.44. The smallest absolute Gasteiger partial charge is 0.387 e. The molecule has 2 radical (unpaired) electrons. The summed E-state index contributed by atoms with van der Waals surface area (Å²) in [5.74, 6) is -3.34. The van der Waals surface area contributed by atoms with Gasteiger partial charge in [0.25, 0.3) is 0 Å². The van der Waals surface area contributed by atoms with Crippen LogP contribution in [0.1, 0.15) is 65.3 Å². The van der Waals surface area contributed by atoms with Gasteiger partial charge in [-0.1, -0.05) is 12.1 Å². The minimum absolute atomic E-state index is 0.0274. The number of carbonyl (C=O) groups is 1. The maximum absolute atomic E-state index is 13.3. The fourth-order valence-corrected chi connectivity index (χ4v) is 5.81. The average molecular weight is 602 g/mol. The Balaban J connectivity index is 0.000000418. The third kappa shape index (κ3) is 6.15. The quantitative estimate of drug-likeness (QED) is 0.161. The van der Waals surface area contributed by atoms with Gasteiger partial charge in [-0.25, -0.2) is 19.5 Å². The van der Waals surface area contributed by atoms with Crippen LogP contribution >= 0.6 is 0 Å². The van der Waals surface area contributed by atoms with Crippen molar-refractivity contribution in [1.82, 2.24) is 29.5 Å². The molecule has 3 heterocycles. The number of hydrogen-bond acceptors (Lipinski definition) is 11. The SMILES string of the molecule is CC1(N)CC(C#N)C1.[B]C(O)(O)N(C)C1CC(c2c(C=O)cccc2OC(F)F)c2c1nn1ccc(-c3cncnc3)nc21. The first-order valence-corrected chi connectivity index (χ1v) is 13.7. The van der Waals surface area contributed by atoms with Crippen LogP contribution < -0.4 is 10.5 Å². The Morgan fingerprint density at radius 1 is 1.27 bits per heavy atom. The summed E-state index contributed by atoms with van der Waals surface area (Å²) >= 11 is 0. The van der Waals surface area contributed by atoms with Crippen molar-refractivity contribution in [3.05, 3.63) is 71.6 Å². The molecule has 15 heteroatoms. The van der Waals surface area contributed by atoms with Crippen LogP contribution in [0.4, 0.5) is 8.78 Å². The van der Waals surface area contributed by atoms with Crippen LogP contribution in [0.5, 0.6) is 5.75 Å². The number of halogens is 2. The predicted molar refractivity (Wildman–Crippen MR) is 153 cm³/mol. The van der Waals surface area contributed by atoms with Crippen molar-refractivity contribution in [2.24, 2.45) is 11.7 Å². The number of benzene rings is 1. The Hall–Kier alpha value is -4.36. The van der Waals surface area contributed by atoms with Gasteiger partial charge in [-0.3, -0.25) is 9.69 Å². The van der Waals surface area contributed by atoms with Crippen LogP contribution in [0.2, 0.25) is 0 Å². The average Bonchev–Trinajstić information content (AvgIpc) is 3.52. The number of hydrogen-bond donors (Lipinski definition) is 3. The molecule has 6 rings (SSSR count). The third-order valence-corrected chi connectivity index (χ3v) is 7.91. The van der Waals surface area contributed by atoms with E-state index in [-0.39, 0.29) is 34.8 Å². The van der Waals surface area contributed by atoms with E-state index in [1.165, 1.54) is 36.1 Å². The first kappa shape index (κ1) is 31.1. The number of nitrogens with two attached hydrogens (primary N) is 1. The molecular weight excluding hydrogens is 573 g/mol. The minimum Gasteiger partial charge on any atom is -0.434 e. The van der Waals surface area contributed by atoms with E-state index in [1.807, 2.05) is 6.92 Å². The molecule has 2 atom stereocenters. The van der Waals surface area contributed by atoms with E-state index in [2.05, 4.69) is 21.1 Å². The zero-order valence-electron chi connectivity index (χ0n) is 23.9. The van der Waals surface area contributed by atoms with Crippen LogP contribution in [-0.2, 0) is 0 Å². The van der Waals surface area contributed by atoms with E-state index in [0.29, 0.717) is 34.4 Å². The fourth-order valence-electron chi connectivity index (χ4n) is 5.81. The predicted octanol–water partition coefficient (Wildman–Crippen LogP) is 2.51. The number of nitrogens with zero attached hydrogens (tertiary/aromatic N) is 7. The Morgan fingerprint density at radius 2 is 1.98 bits per heavy atom. The molecule has 0 aliphatic heterocycles. The summed E-state index contributed by atoms with van der Waals surface area (Å²) in [4.78, 5) is 25.8. The van der Waals surface area contributed by atoms with Crippen LogP contribution in [0.25, 0.3) is 16.9 Å². The molecule has 12 nitrogen and oxygen atoms in total. The lowest BCUT2D eigenvalue weighted by molar-refractivity contribution is -0.202. The lowest BCUT2D eigenvalue weighted by atomic mass is 9.71. The van der Waals surface area contributed by atoms with E-state index in [4.69, 9.17) is 28.6 Å². The standard InChI is InChI=1S/C23H19BF2N6O4.C6H10N2/c1-31(23(24,34)35)16-7-14(18-12(10-33)3-2-4-17(18)36-22(25)26)19-20(16)30-32-6-5-15(29-21(19)32)13-8-27-11-28-9-13;1-6(8)2-5(3-6)4-7/h2-6,8-11,14,16,22,34-35H,7H2,1H3;5H,2-3,8H2,1H3. The highest BCUT2D eigenvalue weighted by Crippen LogP contribution is 2.51. The Kier molecular flexibility index (Phi) is 8.45. The van der Waals surface area contributed by atoms with Gasteiger partial charge in [-0.05, 0) is 45.4 Å². The van der Waals surface area contributed by atoms with Crippen molar-refractivity contribution in [2.45, 2.75) is 56.1 Å². The second-order valence-corrected chi connectivity index (χ2v) is 11.3. The molecule has 1 saturated carbocycles. The molecule has 3 aromatic heterocycles. The van der Waals surface area contributed by atoms with Gasteiger partial charge in [0.05, 0.1) is 23.5 Å². The molecule has 1 aromatic carbocycles. The summed E-state index contributed by atoms with van der Waals surface area (Å²) in [6.45, 7) is -1.14. The topological polar surface area (TPSA) is 176 Å². The molecule has 2 aliphatic rings. The van der Waals surface area contributed by atoms with Crippen LogP contribution in [0.15, 0.2) is 49.2 Å². The number of ether oxygens (including phenoxy) is 1. The number of rotatable bonds is 7. The second kappa shape index (κ2) is 12.0. The molecule has 2 unspecified atom stereocenters. The van der Waals surface area contributed by atoms with Crippen molar-refractivity contribution >= 4 is 19.8 Å². The summed E-state index contributed by atoms with van der Waals surface area (Å²) in [6, 6.07) is 7.41. The first-order valence-electron chi connectivity index (χ1n) is 13.7. The van der Waals surface area contributed by atoms with Gasteiger partial charge < -0.3 is 20.7 Å². The van der Waals surface area contributed by atoms with Crippen molar-refractivity contribution in [2.75, 3.05) is 7.05 Å². The maximum atomic E-state index is 13.3. The Morgan fingerprint density at radius 3 is 2.55 bits per heavy atom. The fraction of sp³-hybridized carbons (Fsp3) is 0.379. The van der Waals surface area contributed by atoms with Crippen molar-refractivity contribution in [3.63, 3.8) is 0 Å². The van der Waals surface area contributed by atoms with Crippen molar-refractivity contribution in [1.29, 1.82) is 5.26 Å². The van der Waals surface area contributed by atoms with Gasteiger partial charge in [0, 0.05) is 58.2 Å². The van der Waals surface area contributed by atoms with E-state index in [9.17, 15) is 23.8 Å². The zero-order chi connectivity index (χ0) is 31.8. The molecule has 0 saturated heterocycles. The molecule has 0 amide bonds. The van der Waals surface area contributed by atoms with Gasteiger partial charge in [0.15, 0.2) is 19.3 Å². The van der Waals surface area contributed by atoms with Gasteiger partial charge >= 0.3 is 6.61 Å². The third-order valence-electron chi connectivity index (χ3n) is 7.91. The number of alkyl halides is 2. The summed E-state index contributed by atoms with van der Waals surface area (Å²) in [7, 11) is 6.93. The van der Waals surface area contributed by atoms with E-state index >= 15 is 0 Å². The van der Waals surface area contributed by atoms with Gasteiger partial charge in [0.2, 0.25) is 0 Å². The molecule has 0 spiro atoms. The van der Waals surface area contributed by atoms with Crippen LogP contribution in [0, 0.1) is 17.2 Å². The Bertz CT molecular complexity index is 1700. The molecule has 4 aromatic rings. The largest absolute Gasteiger partial charge is 0.434 e. The summed E-state index contributed by atoms with van der Waals surface area (Å²) < 4.78 is 32.8. The monoisotopic (exact) mass is 602 g/mol. The molecule has 4 N–H and O–H groups in total. The van der Waals surface area contributed by atoms with Crippen molar-refractivity contribution in [3.8, 4) is 23.1 Å². The molecule has 1 fully saturated rings. The normalized spacial score (nSPS) is 22.6. The summed E-state index contributed by atoms with van der Waals surface area (Å²) in [5, 5.41) is 33.1. The van der Waals surface area contributed by atoms with E-state index < -0.39 is 24.4 Å². The second-order valence-electron chi connectivity index (χ2n) is 11.3. The van der Waals surface area contributed by atoms with E-state index in [1.54, 1.807) is 24.7 Å². The van der Waals surface area contributed by atoms with Gasteiger partial charge in [0.1, 0.15) is 18.4 Å². The Labute approximate surface area is 252 Å². The van der Waals surface area contributed by atoms with Gasteiger partial charge in [-0.2, -0.15) is 19.1 Å². The summed E-state index contributed by atoms with van der Waals surface area (Å²) in [6.07, 6.45) is 8.68. The highest BCUT2D eigenvalue weighted by molar-refractivity contribution is 6.12. The number of fused-ring (bicyclic) bond motifs is 3. The lowest BCUT2D eigenvalue weighted by Gasteiger charge is -2.38. The number of aromatic nitrogens is 5. The lowest BCUT2D eigenvalue weighted by Crippen LogP contribution is -2.48. The van der Waals surface area contributed by atoms with Gasteiger partial charge in [-0.15, -0.1) is 0 Å². The van der Waals surface area contributed by atoms with Crippen LogP contribution in [0.3, 0.4) is 0 Å². The molecular formula is C29H29BF2N8O4. The molecule has 226 valence electrons. The minimum atomic E-state index is -3.12. The number of aliphatic hydroxyl groups is 2. The van der Waals surface area contributed by atoms with E-state index in [0.717, 1.165) is 17.7 Å². The molecule has 0 bridgehead atoms. The molecule has 2 aliphatic carbocycles.